The number of ether oxygens (including phenoxy) is 2. The molecule has 0 spiro atoms. The first-order valence-corrected chi connectivity index (χ1v) is 8.82. The van der Waals surface area contributed by atoms with Crippen molar-refractivity contribution < 1.29 is 19.1 Å². The SMILES string of the molecule is COCCN(CC(=O)NC1(C)CCC(C)CC1)C(=O)OC(C)(C)C. The summed E-state index contributed by atoms with van der Waals surface area (Å²) >= 11 is 0. The van der Waals surface area contributed by atoms with Gasteiger partial charge in [0.25, 0.3) is 0 Å². The predicted molar refractivity (Wildman–Crippen MR) is 93.9 cm³/mol. The first-order chi connectivity index (χ1) is 11.0. The van der Waals surface area contributed by atoms with Gasteiger partial charge in [0.2, 0.25) is 5.91 Å². The summed E-state index contributed by atoms with van der Waals surface area (Å²) in [6, 6.07) is 0. The van der Waals surface area contributed by atoms with Crippen molar-refractivity contribution in [3.05, 3.63) is 0 Å². The summed E-state index contributed by atoms with van der Waals surface area (Å²) in [6.45, 7) is 10.4. The molecule has 1 N–H and O–H groups in total. The maximum absolute atomic E-state index is 12.4. The monoisotopic (exact) mass is 342 g/mol. The summed E-state index contributed by atoms with van der Waals surface area (Å²) < 4.78 is 10.4. The van der Waals surface area contributed by atoms with Gasteiger partial charge in [-0.3, -0.25) is 9.69 Å². The highest BCUT2D eigenvalue weighted by Gasteiger charge is 2.32. The Morgan fingerprint density at radius 3 is 2.33 bits per heavy atom. The van der Waals surface area contributed by atoms with E-state index in [1.165, 1.54) is 4.90 Å². The van der Waals surface area contributed by atoms with Crippen molar-refractivity contribution >= 4 is 12.0 Å². The van der Waals surface area contributed by atoms with Crippen LogP contribution in [-0.4, -0.2) is 54.8 Å². The standard InChI is InChI=1S/C18H34N2O4/c1-14-7-9-18(5,10-8-14)19-15(21)13-20(11-12-23-6)16(22)24-17(2,3)4/h14H,7-13H2,1-6H3,(H,19,21). The summed E-state index contributed by atoms with van der Waals surface area (Å²) in [7, 11) is 1.57. The summed E-state index contributed by atoms with van der Waals surface area (Å²) in [5.41, 5.74) is -0.769. The molecule has 0 aromatic rings. The van der Waals surface area contributed by atoms with Crippen LogP contribution in [0.5, 0.6) is 0 Å². The van der Waals surface area contributed by atoms with E-state index >= 15 is 0 Å². The van der Waals surface area contributed by atoms with Crippen molar-refractivity contribution in [2.75, 3.05) is 26.8 Å². The molecule has 0 heterocycles. The maximum Gasteiger partial charge on any atom is 0.410 e. The number of methoxy groups -OCH3 is 1. The van der Waals surface area contributed by atoms with Gasteiger partial charge in [0, 0.05) is 19.2 Å². The van der Waals surface area contributed by atoms with Crippen LogP contribution in [0.3, 0.4) is 0 Å². The van der Waals surface area contributed by atoms with Gasteiger partial charge in [0.1, 0.15) is 12.1 Å². The fourth-order valence-electron chi connectivity index (χ4n) is 2.84. The van der Waals surface area contributed by atoms with Gasteiger partial charge in [0.05, 0.1) is 6.61 Å². The molecule has 6 nitrogen and oxygen atoms in total. The third kappa shape index (κ3) is 7.51. The molecular weight excluding hydrogens is 308 g/mol. The number of carbonyl (C=O) groups excluding carboxylic acids is 2. The van der Waals surface area contributed by atoms with Crippen molar-refractivity contribution in [2.45, 2.75) is 71.4 Å². The number of nitrogens with one attached hydrogen (secondary N) is 1. The van der Waals surface area contributed by atoms with E-state index in [0.29, 0.717) is 13.2 Å². The third-order valence-corrected chi connectivity index (χ3v) is 4.37. The lowest BCUT2D eigenvalue weighted by Crippen LogP contribution is -2.52. The van der Waals surface area contributed by atoms with Gasteiger partial charge in [0.15, 0.2) is 0 Å². The lowest BCUT2D eigenvalue weighted by molar-refractivity contribution is -0.124. The van der Waals surface area contributed by atoms with Crippen LogP contribution >= 0.6 is 0 Å². The first-order valence-electron chi connectivity index (χ1n) is 8.82. The first kappa shape index (κ1) is 20.7. The van der Waals surface area contributed by atoms with Crippen LogP contribution in [-0.2, 0) is 14.3 Å². The minimum Gasteiger partial charge on any atom is -0.444 e. The van der Waals surface area contributed by atoms with E-state index in [1.807, 2.05) is 20.8 Å². The smallest absolute Gasteiger partial charge is 0.410 e. The van der Waals surface area contributed by atoms with Gasteiger partial charge in [-0.1, -0.05) is 6.92 Å². The Bertz CT molecular complexity index is 423. The minimum atomic E-state index is -0.593. The van der Waals surface area contributed by atoms with Gasteiger partial charge in [-0.25, -0.2) is 4.79 Å². The minimum absolute atomic E-state index is 0.0105. The Balaban J connectivity index is 2.61. The molecule has 1 aliphatic carbocycles. The zero-order chi connectivity index (χ0) is 18.4. The fraction of sp³-hybridized carbons (Fsp3) is 0.889. The normalized spacial score (nSPS) is 24.3. The molecule has 0 radical (unpaired) electrons. The van der Waals surface area contributed by atoms with Crippen molar-refractivity contribution in [1.29, 1.82) is 0 Å². The number of rotatable bonds is 6. The highest BCUT2D eigenvalue weighted by molar-refractivity contribution is 5.82. The second kappa shape index (κ2) is 8.70. The molecule has 140 valence electrons. The quantitative estimate of drug-likeness (QED) is 0.806. The number of hydrogen-bond acceptors (Lipinski definition) is 4. The number of nitrogens with zero attached hydrogens (tertiary/aromatic N) is 1. The van der Waals surface area contributed by atoms with Crippen LogP contribution in [0.15, 0.2) is 0 Å². The molecule has 0 bridgehead atoms. The molecule has 6 heteroatoms. The van der Waals surface area contributed by atoms with Crippen molar-refractivity contribution in [1.82, 2.24) is 10.2 Å². The molecule has 0 atom stereocenters. The summed E-state index contributed by atoms with van der Waals surface area (Å²) in [4.78, 5) is 26.1. The Hall–Kier alpha value is -1.30. The molecule has 0 aromatic carbocycles. The Kier molecular flexibility index (Phi) is 7.52. The van der Waals surface area contributed by atoms with Crippen LogP contribution in [0.2, 0.25) is 0 Å². The largest absolute Gasteiger partial charge is 0.444 e. The fourth-order valence-corrected chi connectivity index (χ4v) is 2.84. The molecule has 24 heavy (non-hydrogen) atoms. The molecule has 0 saturated heterocycles. The number of hydrogen-bond donors (Lipinski definition) is 1. The van der Waals surface area contributed by atoms with E-state index in [1.54, 1.807) is 7.11 Å². The van der Waals surface area contributed by atoms with Gasteiger partial charge < -0.3 is 14.8 Å². The summed E-state index contributed by atoms with van der Waals surface area (Å²) in [5, 5.41) is 3.11. The third-order valence-electron chi connectivity index (χ3n) is 4.37. The Morgan fingerprint density at radius 2 is 1.83 bits per heavy atom. The molecule has 0 unspecified atom stereocenters. The highest BCUT2D eigenvalue weighted by Crippen LogP contribution is 2.31. The zero-order valence-corrected chi connectivity index (χ0v) is 16.1. The second-order valence-electron chi connectivity index (χ2n) is 8.19. The van der Waals surface area contributed by atoms with Gasteiger partial charge in [-0.05, 0) is 59.3 Å². The van der Waals surface area contributed by atoms with Crippen LogP contribution in [0.1, 0.15) is 60.3 Å². The van der Waals surface area contributed by atoms with Gasteiger partial charge in [-0.15, -0.1) is 0 Å². The zero-order valence-electron chi connectivity index (χ0n) is 16.1. The van der Waals surface area contributed by atoms with E-state index in [-0.39, 0.29) is 18.0 Å². The molecular formula is C18H34N2O4. The Morgan fingerprint density at radius 1 is 1.25 bits per heavy atom. The summed E-state index contributed by atoms with van der Waals surface area (Å²) in [5.74, 6) is 0.573. The molecule has 1 fully saturated rings. The van der Waals surface area contributed by atoms with Gasteiger partial charge >= 0.3 is 6.09 Å². The second-order valence-corrected chi connectivity index (χ2v) is 8.19. The topological polar surface area (TPSA) is 67.9 Å². The van der Waals surface area contributed by atoms with Crippen molar-refractivity contribution in [2.24, 2.45) is 5.92 Å². The number of carbonyl (C=O) groups is 2. The lowest BCUT2D eigenvalue weighted by atomic mass is 9.78. The number of amides is 2. The molecule has 1 saturated carbocycles. The van der Waals surface area contributed by atoms with E-state index in [0.717, 1.165) is 31.6 Å². The summed E-state index contributed by atoms with van der Waals surface area (Å²) in [6.07, 6.45) is 3.71. The molecule has 0 aromatic heterocycles. The van der Waals surface area contributed by atoms with E-state index in [9.17, 15) is 9.59 Å². The van der Waals surface area contributed by atoms with Crippen LogP contribution < -0.4 is 5.32 Å². The molecule has 2 amide bonds. The van der Waals surface area contributed by atoms with Crippen LogP contribution in [0, 0.1) is 5.92 Å². The van der Waals surface area contributed by atoms with Crippen molar-refractivity contribution in [3.63, 3.8) is 0 Å². The lowest BCUT2D eigenvalue weighted by Gasteiger charge is -2.37. The average Bonchev–Trinajstić information content (AvgIpc) is 2.45. The van der Waals surface area contributed by atoms with E-state index in [4.69, 9.17) is 9.47 Å². The van der Waals surface area contributed by atoms with Crippen molar-refractivity contribution in [3.8, 4) is 0 Å². The highest BCUT2D eigenvalue weighted by atomic mass is 16.6. The van der Waals surface area contributed by atoms with Gasteiger partial charge in [-0.2, -0.15) is 0 Å². The molecule has 0 aliphatic heterocycles. The maximum atomic E-state index is 12.4. The molecule has 1 aliphatic rings. The van der Waals surface area contributed by atoms with E-state index < -0.39 is 11.7 Å². The predicted octanol–water partition coefficient (Wildman–Crippen LogP) is 2.95. The van der Waals surface area contributed by atoms with E-state index in [2.05, 4.69) is 19.2 Å². The van der Waals surface area contributed by atoms with Crippen LogP contribution in [0.4, 0.5) is 4.79 Å². The average molecular weight is 342 g/mol. The molecule has 1 rings (SSSR count). The Labute approximate surface area is 146 Å². The van der Waals surface area contributed by atoms with Crippen LogP contribution in [0.25, 0.3) is 0 Å².